The maximum atomic E-state index is 12.8. The van der Waals surface area contributed by atoms with Crippen molar-refractivity contribution in [1.82, 2.24) is 9.97 Å². The van der Waals surface area contributed by atoms with E-state index in [2.05, 4.69) is 9.97 Å². The Kier molecular flexibility index (Phi) is 1.32. The molecule has 0 spiro atoms. The van der Waals surface area contributed by atoms with Crippen LogP contribution in [0.3, 0.4) is 0 Å². The molecule has 0 aliphatic rings. The van der Waals surface area contributed by atoms with Crippen molar-refractivity contribution < 1.29 is 4.39 Å². The quantitative estimate of drug-likeness (QED) is 0.646. The summed E-state index contributed by atoms with van der Waals surface area (Å²) >= 11 is 5.60. The summed E-state index contributed by atoms with van der Waals surface area (Å²) in [6, 6.07) is 1.54. The molecule has 0 radical (unpaired) electrons. The van der Waals surface area contributed by atoms with Gasteiger partial charge in [-0.3, -0.25) is 0 Å². The highest BCUT2D eigenvalue weighted by molar-refractivity contribution is 6.31. The van der Waals surface area contributed by atoms with Gasteiger partial charge in [0.25, 0.3) is 0 Å². The van der Waals surface area contributed by atoms with Crippen LogP contribution in [0.1, 0.15) is 0 Å². The summed E-state index contributed by atoms with van der Waals surface area (Å²) in [7, 11) is 0. The molecular formula is C7H4ClFN2. The van der Waals surface area contributed by atoms with Crippen LogP contribution < -0.4 is 0 Å². The van der Waals surface area contributed by atoms with Gasteiger partial charge in [-0.05, 0) is 6.07 Å². The Morgan fingerprint density at radius 1 is 1.55 bits per heavy atom. The average Bonchev–Trinajstić information content (AvgIpc) is 2.33. The topological polar surface area (TPSA) is 28.7 Å². The van der Waals surface area contributed by atoms with Crippen molar-refractivity contribution >= 4 is 22.6 Å². The second-order valence-corrected chi connectivity index (χ2v) is 2.62. The summed E-state index contributed by atoms with van der Waals surface area (Å²) < 4.78 is 12.8. The van der Waals surface area contributed by atoms with Crippen molar-refractivity contribution in [3.63, 3.8) is 0 Å². The molecule has 2 aromatic heterocycles. The monoisotopic (exact) mass is 170 g/mol. The van der Waals surface area contributed by atoms with Crippen molar-refractivity contribution in [2.24, 2.45) is 0 Å². The Labute approximate surface area is 67.0 Å². The minimum atomic E-state index is -0.324. The molecule has 2 heterocycles. The molecule has 0 saturated carbocycles. The van der Waals surface area contributed by atoms with Gasteiger partial charge in [-0.1, -0.05) is 11.6 Å². The van der Waals surface area contributed by atoms with Crippen LogP contribution in [0.15, 0.2) is 18.5 Å². The fourth-order valence-corrected chi connectivity index (χ4v) is 1.10. The highest BCUT2D eigenvalue weighted by atomic mass is 35.5. The zero-order valence-electron chi connectivity index (χ0n) is 5.44. The number of pyridine rings is 1. The van der Waals surface area contributed by atoms with Crippen LogP contribution in [-0.4, -0.2) is 9.97 Å². The molecule has 0 aliphatic carbocycles. The number of nitrogens with one attached hydrogen (secondary N) is 1. The standard InChI is InChI=1S/C7H4ClFN2/c8-4-1-5-6(9)3-11-7(5)10-2-4/h1-3H,(H,10,11). The van der Waals surface area contributed by atoms with Crippen LogP contribution >= 0.6 is 11.6 Å². The minimum Gasteiger partial charge on any atom is -0.343 e. The van der Waals surface area contributed by atoms with Gasteiger partial charge in [-0.25, -0.2) is 9.37 Å². The van der Waals surface area contributed by atoms with E-state index in [0.717, 1.165) is 0 Å². The van der Waals surface area contributed by atoms with Gasteiger partial charge in [0, 0.05) is 12.4 Å². The third kappa shape index (κ3) is 0.973. The van der Waals surface area contributed by atoms with Crippen LogP contribution in [0.4, 0.5) is 4.39 Å². The van der Waals surface area contributed by atoms with Gasteiger partial charge >= 0.3 is 0 Å². The molecule has 0 fully saturated rings. The number of rotatable bonds is 0. The molecule has 0 aromatic carbocycles. The van der Waals surface area contributed by atoms with E-state index in [-0.39, 0.29) is 5.82 Å². The summed E-state index contributed by atoms with van der Waals surface area (Å²) in [5, 5.41) is 0.869. The molecule has 4 heteroatoms. The van der Waals surface area contributed by atoms with E-state index in [1.54, 1.807) is 0 Å². The highest BCUT2D eigenvalue weighted by Gasteiger charge is 2.02. The van der Waals surface area contributed by atoms with Gasteiger partial charge < -0.3 is 4.98 Å². The van der Waals surface area contributed by atoms with E-state index in [1.165, 1.54) is 18.5 Å². The Hall–Kier alpha value is -1.09. The molecule has 0 atom stereocenters. The molecule has 2 rings (SSSR count). The fourth-order valence-electron chi connectivity index (χ4n) is 0.946. The first-order chi connectivity index (χ1) is 5.27. The van der Waals surface area contributed by atoms with Crippen molar-refractivity contribution in [3.8, 4) is 0 Å². The Balaban J connectivity index is 2.87. The van der Waals surface area contributed by atoms with Crippen LogP contribution in [0.25, 0.3) is 11.0 Å². The third-order valence-corrected chi connectivity index (χ3v) is 1.65. The summed E-state index contributed by atoms with van der Waals surface area (Å²) in [5.74, 6) is -0.324. The number of H-pyrrole nitrogens is 1. The smallest absolute Gasteiger partial charge is 0.150 e. The lowest BCUT2D eigenvalue weighted by atomic mass is 10.3. The van der Waals surface area contributed by atoms with Crippen LogP contribution in [0, 0.1) is 5.82 Å². The van der Waals surface area contributed by atoms with Gasteiger partial charge in [0.15, 0.2) is 0 Å². The maximum Gasteiger partial charge on any atom is 0.150 e. The van der Waals surface area contributed by atoms with E-state index in [1.807, 2.05) is 0 Å². The van der Waals surface area contributed by atoms with Gasteiger partial charge in [-0.2, -0.15) is 0 Å². The molecule has 0 unspecified atom stereocenters. The third-order valence-electron chi connectivity index (χ3n) is 1.45. The number of hydrogen-bond donors (Lipinski definition) is 1. The first-order valence-electron chi connectivity index (χ1n) is 3.05. The second-order valence-electron chi connectivity index (χ2n) is 2.19. The molecule has 11 heavy (non-hydrogen) atoms. The van der Waals surface area contributed by atoms with E-state index >= 15 is 0 Å². The molecule has 2 aromatic rings. The number of halogens is 2. The lowest BCUT2D eigenvalue weighted by Crippen LogP contribution is -1.75. The van der Waals surface area contributed by atoms with Crippen molar-refractivity contribution in [2.75, 3.05) is 0 Å². The second kappa shape index (κ2) is 2.20. The van der Waals surface area contributed by atoms with Crippen molar-refractivity contribution in [2.45, 2.75) is 0 Å². The molecular weight excluding hydrogens is 167 g/mol. The van der Waals surface area contributed by atoms with E-state index in [9.17, 15) is 4.39 Å². The maximum absolute atomic E-state index is 12.8. The summed E-state index contributed by atoms with van der Waals surface area (Å²) in [6.45, 7) is 0. The lowest BCUT2D eigenvalue weighted by Gasteiger charge is -1.88. The van der Waals surface area contributed by atoms with E-state index in [0.29, 0.717) is 16.1 Å². The predicted octanol–water partition coefficient (Wildman–Crippen LogP) is 2.36. The molecule has 0 amide bonds. The summed E-state index contributed by atoms with van der Waals surface area (Å²) in [4.78, 5) is 6.54. The Morgan fingerprint density at radius 2 is 2.36 bits per heavy atom. The Morgan fingerprint density at radius 3 is 3.18 bits per heavy atom. The average molecular weight is 171 g/mol. The number of aromatic amines is 1. The first-order valence-corrected chi connectivity index (χ1v) is 3.43. The number of fused-ring (bicyclic) bond motifs is 1. The molecule has 1 N–H and O–H groups in total. The number of nitrogens with zero attached hydrogens (tertiary/aromatic N) is 1. The van der Waals surface area contributed by atoms with E-state index in [4.69, 9.17) is 11.6 Å². The summed E-state index contributed by atoms with van der Waals surface area (Å²) in [6.07, 6.45) is 2.73. The highest BCUT2D eigenvalue weighted by Crippen LogP contribution is 2.18. The van der Waals surface area contributed by atoms with Gasteiger partial charge in [-0.15, -0.1) is 0 Å². The van der Waals surface area contributed by atoms with Crippen LogP contribution in [0.5, 0.6) is 0 Å². The van der Waals surface area contributed by atoms with Crippen LogP contribution in [-0.2, 0) is 0 Å². The molecule has 2 nitrogen and oxygen atoms in total. The number of aromatic nitrogens is 2. The largest absolute Gasteiger partial charge is 0.343 e. The minimum absolute atomic E-state index is 0.324. The first kappa shape index (κ1) is 6.61. The van der Waals surface area contributed by atoms with Crippen LogP contribution in [0.2, 0.25) is 5.02 Å². The fraction of sp³-hybridized carbons (Fsp3) is 0. The molecule has 0 saturated heterocycles. The normalized spacial score (nSPS) is 10.7. The zero-order valence-corrected chi connectivity index (χ0v) is 6.19. The van der Waals surface area contributed by atoms with Gasteiger partial charge in [0.05, 0.1) is 10.4 Å². The predicted molar refractivity (Wildman–Crippen MR) is 41.1 cm³/mol. The molecule has 0 bridgehead atoms. The molecule has 56 valence electrons. The van der Waals surface area contributed by atoms with Gasteiger partial charge in [0.2, 0.25) is 0 Å². The Bertz CT molecular complexity index is 396. The van der Waals surface area contributed by atoms with Crippen molar-refractivity contribution in [3.05, 3.63) is 29.3 Å². The lowest BCUT2D eigenvalue weighted by molar-refractivity contribution is 0.639. The van der Waals surface area contributed by atoms with Gasteiger partial charge in [0.1, 0.15) is 11.5 Å². The SMILES string of the molecule is Fc1c[nH]c2ncc(Cl)cc12. The zero-order chi connectivity index (χ0) is 7.84. The summed E-state index contributed by atoms with van der Waals surface area (Å²) in [5.41, 5.74) is 0.520. The number of hydrogen-bond acceptors (Lipinski definition) is 1. The molecule has 0 aliphatic heterocycles. The van der Waals surface area contributed by atoms with E-state index < -0.39 is 0 Å². The van der Waals surface area contributed by atoms with Crippen molar-refractivity contribution in [1.29, 1.82) is 0 Å².